The number of rotatable bonds is 2. The molecule has 1 aromatic heterocycles. The van der Waals surface area contributed by atoms with Crippen LogP contribution < -0.4 is 5.73 Å². The predicted molar refractivity (Wildman–Crippen MR) is 56.5 cm³/mol. The van der Waals surface area contributed by atoms with Gasteiger partial charge < -0.3 is 5.73 Å². The van der Waals surface area contributed by atoms with Crippen molar-refractivity contribution in [2.24, 2.45) is 5.73 Å². The Bertz CT molecular complexity index is 436. The molecule has 14 heavy (non-hydrogen) atoms. The monoisotopic (exact) mass is 207 g/mol. The first kappa shape index (κ1) is 9.24. The van der Waals surface area contributed by atoms with E-state index in [9.17, 15) is 0 Å². The summed E-state index contributed by atoms with van der Waals surface area (Å²) in [5.74, 6) is 0. The van der Waals surface area contributed by atoms with Crippen molar-refractivity contribution in [2.45, 2.75) is 6.54 Å². The van der Waals surface area contributed by atoms with Gasteiger partial charge in [-0.05, 0) is 12.1 Å². The average Bonchev–Trinajstić information content (AvgIpc) is 2.67. The Labute approximate surface area is 87.1 Å². The zero-order valence-corrected chi connectivity index (χ0v) is 8.28. The topological polar surface area (TPSA) is 43.8 Å². The molecule has 2 rings (SSSR count). The molecule has 0 fully saturated rings. The van der Waals surface area contributed by atoms with Gasteiger partial charge in [-0.1, -0.05) is 23.7 Å². The molecule has 2 aromatic rings. The summed E-state index contributed by atoms with van der Waals surface area (Å²) in [4.78, 5) is 0. The standard InChI is InChI=1S/C10H10ClN3/c11-9-3-1-2-4-10(9)14-7-8(5-12)6-13-14/h1-4,6-7H,5,12H2. The number of para-hydroxylation sites is 1. The van der Waals surface area contributed by atoms with Gasteiger partial charge in [0.05, 0.1) is 16.9 Å². The second-order valence-corrected chi connectivity index (χ2v) is 3.36. The van der Waals surface area contributed by atoms with E-state index in [1.165, 1.54) is 0 Å². The number of halogens is 1. The van der Waals surface area contributed by atoms with Crippen LogP contribution in [-0.2, 0) is 6.54 Å². The highest BCUT2D eigenvalue weighted by molar-refractivity contribution is 6.32. The van der Waals surface area contributed by atoms with Crippen LogP contribution in [0.3, 0.4) is 0 Å². The lowest BCUT2D eigenvalue weighted by Crippen LogP contribution is -1.96. The minimum atomic E-state index is 0.491. The number of hydrogen-bond acceptors (Lipinski definition) is 2. The van der Waals surface area contributed by atoms with Crippen LogP contribution >= 0.6 is 11.6 Å². The van der Waals surface area contributed by atoms with Crippen LogP contribution in [0.1, 0.15) is 5.56 Å². The van der Waals surface area contributed by atoms with Crippen molar-refractivity contribution < 1.29 is 0 Å². The first-order chi connectivity index (χ1) is 6.81. The Kier molecular flexibility index (Phi) is 2.52. The van der Waals surface area contributed by atoms with Crippen LogP contribution in [0, 0.1) is 0 Å². The lowest BCUT2D eigenvalue weighted by atomic mass is 10.3. The fourth-order valence-electron chi connectivity index (χ4n) is 1.23. The minimum absolute atomic E-state index is 0.491. The van der Waals surface area contributed by atoms with Crippen molar-refractivity contribution in [1.29, 1.82) is 0 Å². The molecule has 0 saturated heterocycles. The van der Waals surface area contributed by atoms with Crippen LogP contribution in [0.5, 0.6) is 0 Å². The summed E-state index contributed by atoms with van der Waals surface area (Å²) in [7, 11) is 0. The molecular formula is C10H10ClN3. The van der Waals surface area contributed by atoms with Crippen LogP contribution in [0.25, 0.3) is 5.69 Å². The van der Waals surface area contributed by atoms with E-state index in [1.807, 2.05) is 30.5 Å². The van der Waals surface area contributed by atoms with Gasteiger partial charge in [-0.3, -0.25) is 0 Å². The summed E-state index contributed by atoms with van der Waals surface area (Å²) in [5.41, 5.74) is 7.35. The fourth-order valence-corrected chi connectivity index (χ4v) is 1.46. The second-order valence-electron chi connectivity index (χ2n) is 2.95. The molecule has 3 nitrogen and oxygen atoms in total. The van der Waals surface area contributed by atoms with Crippen molar-refractivity contribution in [3.63, 3.8) is 0 Å². The Morgan fingerprint density at radius 2 is 2.14 bits per heavy atom. The summed E-state index contributed by atoms with van der Waals surface area (Å²) < 4.78 is 1.73. The molecule has 0 spiro atoms. The van der Waals surface area contributed by atoms with Crippen LogP contribution in [-0.4, -0.2) is 9.78 Å². The zero-order chi connectivity index (χ0) is 9.97. The third kappa shape index (κ3) is 1.64. The normalized spacial score (nSPS) is 10.4. The van der Waals surface area contributed by atoms with E-state index in [1.54, 1.807) is 10.9 Å². The molecule has 0 radical (unpaired) electrons. The molecule has 0 saturated carbocycles. The van der Waals surface area contributed by atoms with Gasteiger partial charge in [-0.25, -0.2) is 4.68 Å². The van der Waals surface area contributed by atoms with Gasteiger partial charge in [0.15, 0.2) is 0 Å². The third-order valence-corrected chi connectivity index (χ3v) is 2.29. The lowest BCUT2D eigenvalue weighted by molar-refractivity contribution is 0.880. The highest BCUT2D eigenvalue weighted by Gasteiger charge is 2.02. The SMILES string of the molecule is NCc1cnn(-c2ccccc2Cl)c1. The van der Waals surface area contributed by atoms with E-state index in [0.717, 1.165) is 11.3 Å². The van der Waals surface area contributed by atoms with Crippen molar-refractivity contribution in [3.05, 3.63) is 47.2 Å². The predicted octanol–water partition coefficient (Wildman–Crippen LogP) is 1.98. The first-order valence-corrected chi connectivity index (χ1v) is 4.67. The molecule has 1 heterocycles. The van der Waals surface area contributed by atoms with E-state index in [4.69, 9.17) is 17.3 Å². The van der Waals surface area contributed by atoms with Gasteiger partial charge in [0.2, 0.25) is 0 Å². The number of nitrogens with two attached hydrogens (primary N) is 1. The van der Waals surface area contributed by atoms with Crippen molar-refractivity contribution in [1.82, 2.24) is 9.78 Å². The molecule has 2 N–H and O–H groups in total. The Hall–Kier alpha value is -1.32. The van der Waals surface area contributed by atoms with E-state index in [0.29, 0.717) is 11.6 Å². The number of benzene rings is 1. The Morgan fingerprint density at radius 1 is 1.36 bits per heavy atom. The summed E-state index contributed by atoms with van der Waals surface area (Å²) >= 11 is 6.02. The quantitative estimate of drug-likeness (QED) is 0.819. The van der Waals surface area contributed by atoms with Gasteiger partial charge in [-0.2, -0.15) is 5.10 Å². The maximum absolute atomic E-state index is 6.02. The molecule has 1 aromatic carbocycles. The number of aromatic nitrogens is 2. The number of hydrogen-bond donors (Lipinski definition) is 1. The maximum atomic E-state index is 6.02. The Balaban J connectivity index is 2.44. The van der Waals surface area contributed by atoms with Crippen molar-refractivity contribution in [3.8, 4) is 5.69 Å². The van der Waals surface area contributed by atoms with E-state index in [2.05, 4.69) is 5.10 Å². The maximum Gasteiger partial charge on any atom is 0.0831 e. The second kappa shape index (κ2) is 3.82. The largest absolute Gasteiger partial charge is 0.326 e. The van der Waals surface area contributed by atoms with E-state index < -0.39 is 0 Å². The summed E-state index contributed by atoms with van der Waals surface area (Å²) in [5, 5.41) is 4.85. The molecule has 4 heteroatoms. The average molecular weight is 208 g/mol. The van der Waals surface area contributed by atoms with E-state index in [-0.39, 0.29) is 0 Å². The first-order valence-electron chi connectivity index (χ1n) is 4.30. The lowest BCUT2D eigenvalue weighted by Gasteiger charge is -2.02. The van der Waals surface area contributed by atoms with Gasteiger partial charge in [0.25, 0.3) is 0 Å². The molecule has 0 aliphatic rings. The molecule has 0 amide bonds. The minimum Gasteiger partial charge on any atom is -0.326 e. The van der Waals surface area contributed by atoms with Gasteiger partial charge in [0, 0.05) is 18.3 Å². The van der Waals surface area contributed by atoms with Gasteiger partial charge in [-0.15, -0.1) is 0 Å². The van der Waals surface area contributed by atoms with Gasteiger partial charge in [0.1, 0.15) is 0 Å². The molecule has 0 aliphatic carbocycles. The van der Waals surface area contributed by atoms with Crippen LogP contribution in [0.15, 0.2) is 36.7 Å². The van der Waals surface area contributed by atoms with Crippen LogP contribution in [0.2, 0.25) is 5.02 Å². The highest BCUT2D eigenvalue weighted by Crippen LogP contribution is 2.18. The molecule has 0 atom stereocenters. The fraction of sp³-hybridized carbons (Fsp3) is 0.100. The van der Waals surface area contributed by atoms with Crippen molar-refractivity contribution in [2.75, 3.05) is 0 Å². The van der Waals surface area contributed by atoms with E-state index >= 15 is 0 Å². The highest BCUT2D eigenvalue weighted by atomic mass is 35.5. The molecule has 0 bridgehead atoms. The van der Waals surface area contributed by atoms with Crippen LogP contribution in [0.4, 0.5) is 0 Å². The Morgan fingerprint density at radius 3 is 2.79 bits per heavy atom. The molecule has 0 aliphatic heterocycles. The smallest absolute Gasteiger partial charge is 0.0831 e. The summed E-state index contributed by atoms with van der Waals surface area (Å²) in [6.45, 7) is 0.491. The third-order valence-electron chi connectivity index (χ3n) is 1.97. The molecule has 0 unspecified atom stereocenters. The molecule has 72 valence electrons. The summed E-state index contributed by atoms with van der Waals surface area (Å²) in [6.07, 6.45) is 3.62. The molecular weight excluding hydrogens is 198 g/mol. The van der Waals surface area contributed by atoms with Gasteiger partial charge >= 0.3 is 0 Å². The summed E-state index contributed by atoms with van der Waals surface area (Å²) in [6, 6.07) is 7.56. The van der Waals surface area contributed by atoms with Crippen molar-refractivity contribution >= 4 is 11.6 Å². The zero-order valence-electron chi connectivity index (χ0n) is 7.52. The number of nitrogens with zero attached hydrogens (tertiary/aromatic N) is 2.